The van der Waals surface area contributed by atoms with Crippen molar-refractivity contribution in [1.82, 2.24) is 19.8 Å². The zero-order chi connectivity index (χ0) is 20.0. The fourth-order valence-corrected chi connectivity index (χ4v) is 5.93. The van der Waals surface area contributed by atoms with E-state index < -0.39 is 10.0 Å². The Hall–Kier alpha value is -1.35. The maximum atomic E-state index is 12.7. The predicted molar refractivity (Wildman–Crippen MR) is 111 cm³/mol. The summed E-state index contributed by atoms with van der Waals surface area (Å²) < 4.78 is 25.3. The van der Waals surface area contributed by atoms with Crippen molar-refractivity contribution in [1.29, 1.82) is 0 Å². The Morgan fingerprint density at radius 3 is 2.57 bits per heavy atom. The number of sulfonamides is 1. The lowest BCUT2D eigenvalue weighted by atomic mass is 9.88. The van der Waals surface area contributed by atoms with Crippen LogP contribution >= 0.6 is 0 Å². The second-order valence-corrected chi connectivity index (χ2v) is 10.2. The molecule has 0 radical (unpaired) electrons. The molecule has 1 unspecified atom stereocenters. The van der Waals surface area contributed by atoms with Gasteiger partial charge in [-0.1, -0.05) is 19.3 Å². The van der Waals surface area contributed by atoms with Crippen molar-refractivity contribution >= 4 is 21.9 Å². The summed E-state index contributed by atoms with van der Waals surface area (Å²) in [6, 6.07) is 0.195. The highest BCUT2D eigenvalue weighted by atomic mass is 32.2. The topological polar surface area (TPSA) is 94.1 Å². The molecule has 2 heterocycles. The van der Waals surface area contributed by atoms with Crippen molar-refractivity contribution in [3.63, 3.8) is 0 Å². The number of aliphatic imine (C=N–C) groups is 1. The van der Waals surface area contributed by atoms with Gasteiger partial charge in [-0.15, -0.1) is 0 Å². The second kappa shape index (κ2) is 9.91. The monoisotopic (exact) mass is 413 g/mol. The van der Waals surface area contributed by atoms with Gasteiger partial charge in [0.1, 0.15) is 0 Å². The maximum absolute atomic E-state index is 12.7. The molecule has 28 heavy (non-hydrogen) atoms. The largest absolute Gasteiger partial charge is 0.357 e. The molecular formula is C19H35N5O3S. The van der Waals surface area contributed by atoms with Crippen LogP contribution in [0.2, 0.25) is 0 Å². The van der Waals surface area contributed by atoms with E-state index in [1.807, 2.05) is 11.8 Å². The van der Waals surface area contributed by atoms with Crippen molar-refractivity contribution in [3.05, 3.63) is 0 Å². The van der Waals surface area contributed by atoms with Crippen LogP contribution in [0.15, 0.2) is 4.99 Å². The average Bonchev–Trinajstić information content (AvgIpc) is 3.28. The number of rotatable bonds is 6. The zero-order valence-corrected chi connectivity index (χ0v) is 17.8. The van der Waals surface area contributed by atoms with Gasteiger partial charge >= 0.3 is 0 Å². The number of hydrogen-bond donors (Lipinski definition) is 2. The Balaban J connectivity index is 1.48. The minimum Gasteiger partial charge on any atom is -0.357 e. The first-order valence-electron chi connectivity index (χ1n) is 10.8. The molecule has 1 aliphatic carbocycles. The molecule has 2 aliphatic heterocycles. The molecule has 3 rings (SSSR count). The lowest BCUT2D eigenvalue weighted by molar-refractivity contribution is -0.135. The van der Waals surface area contributed by atoms with Gasteiger partial charge in [0.25, 0.3) is 0 Å². The highest BCUT2D eigenvalue weighted by molar-refractivity contribution is 7.89. The summed E-state index contributed by atoms with van der Waals surface area (Å²) in [7, 11) is -3.07. The number of guanidine groups is 1. The summed E-state index contributed by atoms with van der Waals surface area (Å²) in [5.41, 5.74) is 0. The number of amides is 1. The lowest BCUT2D eigenvalue weighted by Gasteiger charge is -2.26. The fraction of sp³-hybridized carbons (Fsp3) is 0.895. The summed E-state index contributed by atoms with van der Waals surface area (Å²) in [4.78, 5) is 19.3. The Kier molecular flexibility index (Phi) is 7.56. The number of likely N-dealkylation sites (tertiary alicyclic amines) is 1. The molecule has 1 atom stereocenters. The predicted octanol–water partition coefficient (Wildman–Crippen LogP) is 0.758. The first-order chi connectivity index (χ1) is 13.5. The number of carbonyl (C=O) groups excluding carboxylic acids is 1. The van der Waals surface area contributed by atoms with Gasteiger partial charge in [0.05, 0.1) is 12.3 Å². The van der Waals surface area contributed by atoms with Gasteiger partial charge in [-0.3, -0.25) is 9.79 Å². The molecular weight excluding hydrogens is 378 g/mol. The molecule has 3 aliphatic rings. The van der Waals surface area contributed by atoms with E-state index in [1.54, 1.807) is 0 Å². The highest BCUT2D eigenvalue weighted by Crippen LogP contribution is 2.26. The lowest BCUT2D eigenvalue weighted by Crippen LogP contribution is -2.46. The summed E-state index contributed by atoms with van der Waals surface area (Å²) in [6.07, 6.45) is 7.32. The van der Waals surface area contributed by atoms with Gasteiger partial charge in [-0.25, -0.2) is 12.7 Å². The minimum absolute atomic E-state index is 0.195. The van der Waals surface area contributed by atoms with Crippen LogP contribution in [0.3, 0.4) is 0 Å². The van der Waals surface area contributed by atoms with E-state index >= 15 is 0 Å². The summed E-state index contributed by atoms with van der Waals surface area (Å²) in [6.45, 7) is 5.74. The van der Waals surface area contributed by atoms with E-state index in [9.17, 15) is 13.2 Å². The van der Waals surface area contributed by atoms with Gasteiger partial charge < -0.3 is 15.5 Å². The van der Waals surface area contributed by atoms with E-state index in [4.69, 9.17) is 0 Å². The molecule has 1 amide bonds. The highest BCUT2D eigenvalue weighted by Gasteiger charge is 2.32. The van der Waals surface area contributed by atoms with Crippen LogP contribution < -0.4 is 10.6 Å². The van der Waals surface area contributed by atoms with E-state index in [1.165, 1.54) is 23.6 Å². The third-order valence-electron chi connectivity index (χ3n) is 5.96. The van der Waals surface area contributed by atoms with E-state index in [2.05, 4.69) is 15.6 Å². The number of nitrogens with zero attached hydrogens (tertiary/aromatic N) is 3. The molecule has 0 spiro atoms. The van der Waals surface area contributed by atoms with Crippen molar-refractivity contribution < 1.29 is 13.2 Å². The van der Waals surface area contributed by atoms with Crippen molar-refractivity contribution in [3.8, 4) is 0 Å². The van der Waals surface area contributed by atoms with Crippen LogP contribution in [0, 0.1) is 5.92 Å². The molecule has 2 saturated heterocycles. The molecule has 0 bridgehead atoms. The van der Waals surface area contributed by atoms with Gasteiger partial charge in [0, 0.05) is 44.7 Å². The third-order valence-corrected chi connectivity index (χ3v) is 7.92. The van der Waals surface area contributed by atoms with Crippen LogP contribution in [0.25, 0.3) is 0 Å². The van der Waals surface area contributed by atoms with Crippen LogP contribution in [-0.2, 0) is 14.8 Å². The second-order valence-electron chi connectivity index (χ2n) is 8.08. The Bertz CT molecular complexity index is 660. The Labute approximate surface area is 169 Å². The molecule has 3 fully saturated rings. The number of carbonyl (C=O) groups is 1. The summed E-state index contributed by atoms with van der Waals surface area (Å²) in [5, 5.41) is 6.66. The van der Waals surface area contributed by atoms with Gasteiger partial charge in [0.15, 0.2) is 5.96 Å². The van der Waals surface area contributed by atoms with Crippen LogP contribution in [-0.4, -0.2) is 80.6 Å². The molecule has 0 aromatic carbocycles. The zero-order valence-electron chi connectivity index (χ0n) is 17.0. The normalized spacial score (nSPS) is 26.5. The molecule has 160 valence electrons. The minimum atomic E-state index is -3.07. The van der Waals surface area contributed by atoms with Gasteiger partial charge in [0.2, 0.25) is 15.9 Å². The molecule has 0 aromatic rings. The van der Waals surface area contributed by atoms with Gasteiger partial charge in [-0.05, 0) is 32.6 Å². The van der Waals surface area contributed by atoms with Crippen LogP contribution in [0.1, 0.15) is 51.9 Å². The standard InChI is InChI=1S/C19H35N5O3S/c1-2-20-19(21-10-13-24-11-6-14-28(24,26)27)22-17-9-12-23(15-17)18(25)16-7-4-3-5-8-16/h16-17H,2-15H2,1H3,(H2,20,21,22). The smallest absolute Gasteiger partial charge is 0.225 e. The van der Waals surface area contributed by atoms with E-state index in [-0.39, 0.29) is 17.7 Å². The SMILES string of the molecule is CCNC(=NCCN1CCCS1(=O)=O)NC1CCN(C(=O)C2CCCCC2)C1. The van der Waals surface area contributed by atoms with Gasteiger partial charge in [-0.2, -0.15) is 0 Å². The molecule has 9 heteroatoms. The molecule has 0 aromatic heterocycles. The molecule has 8 nitrogen and oxygen atoms in total. The van der Waals surface area contributed by atoms with Crippen molar-refractivity contribution in [2.24, 2.45) is 10.9 Å². The van der Waals surface area contributed by atoms with E-state index in [0.717, 1.165) is 38.9 Å². The van der Waals surface area contributed by atoms with Crippen LogP contribution in [0.5, 0.6) is 0 Å². The Morgan fingerprint density at radius 2 is 1.89 bits per heavy atom. The Morgan fingerprint density at radius 1 is 1.11 bits per heavy atom. The third kappa shape index (κ3) is 5.59. The average molecular weight is 414 g/mol. The van der Waals surface area contributed by atoms with Crippen molar-refractivity contribution in [2.75, 3.05) is 45.0 Å². The number of nitrogens with one attached hydrogen (secondary N) is 2. The summed E-state index contributed by atoms with van der Waals surface area (Å²) >= 11 is 0. The molecule has 2 N–H and O–H groups in total. The number of hydrogen-bond acceptors (Lipinski definition) is 4. The first kappa shape index (κ1) is 21.4. The van der Waals surface area contributed by atoms with Crippen LogP contribution in [0.4, 0.5) is 0 Å². The summed E-state index contributed by atoms with van der Waals surface area (Å²) in [5.74, 6) is 1.50. The first-order valence-corrected chi connectivity index (χ1v) is 12.4. The quantitative estimate of drug-likeness (QED) is 0.495. The maximum Gasteiger partial charge on any atom is 0.225 e. The molecule has 1 saturated carbocycles. The van der Waals surface area contributed by atoms with E-state index in [0.29, 0.717) is 37.9 Å². The fourth-order valence-electron chi connectivity index (χ4n) is 4.42. The van der Waals surface area contributed by atoms with Crippen molar-refractivity contribution in [2.45, 2.75) is 57.9 Å².